The van der Waals surface area contributed by atoms with E-state index in [0.29, 0.717) is 6.42 Å². The average molecular weight is 434 g/mol. The fraction of sp³-hybridized carbons (Fsp3) is 0.765. The van der Waals surface area contributed by atoms with Gasteiger partial charge in [0.2, 0.25) is 5.72 Å². The molecule has 2 heterocycles. The van der Waals surface area contributed by atoms with Crippen molar-refractivity contribution in [1.82, 2.24) is 9.55 Å². The number of H-pyrrole nitrogens is 1. The number of nitrogens with one attached hydrogen (secondary N) is 1. The molecule has 164 valence electrons. The molecule has 29 heavy (non-hydrogen) atoms. The second kappa shape index (κ2) is 8.43. The van der Waals surface area contributed by atoms with Gasteiger partial charge in [0, 0.05) is 39.0 Å². The van der Waals surface area contributed by atoms with Gasteiger partial charge in [-0.1, -0.05) is 0 Å². The highest BCUT2D eigenvalue weighted by Crippen LogP contribution is 2.66. The topological polar surface area (TPSA) is 138 Å². The van der Waals surface area contributed by atoms with Gasteiger partial charge in [0.15, 0.2) is 0 Å². The molecule has 2 fully saturated rings. The van der Waals surface area contributed by atoms with Crippen LogP contribution in [-0.2, 0) is 33.5 Å². The number of aliphatic hydroxyl groups is 1. The predicted octanol–water partition coefficient (Wildman–Crippen LogP) is -0.205. The molecular weight excluding hydrogens is 407 g/mol. The molecule has 1 saturated carbocycles. The standard InChI is InChI=1S/C17H27N2O9P/c1-10-8-19(16(22)18-15(10)21)17(28-6-5-24-2)9-27-13(14(17)20)11-7-12(11)29(23,25-3)26-4/h8,11-14,20H,5-7,9H2,1-4H3,(H,18,21,22)/t11?,12?,13-,14?,17?/m1/s1. The Labute approximate surface area is 167 Å². The van der Waals surface area contributed by atoms with E-state index >= 15 is 0 Å². The summed E-state index contributed by atoms with van der Waals surface area (Å²) in [6, 6.07) is 0. The molecule has 1 aliphatic heterocycles. The van der Waals surface area contributed by atoms with E-state index in [1.807, 2.05) is 0 Å². The molecule has 0 bridgehead atoms. The van der Waals surface area contributed by atoms with Crippen LogP contribution in [-0.4, -0.2) is 73.7 Å². The van der Waals surface area contributed by atoms with Crippen molar-refractivity contribution in [3.8, 4) is 0 Å². The summed E-state index contributed by atoms with van der Waals surface area (Å²) in [5.74, 6) is -0.289. The average Bonchev–Trinajstić information content (AvgIpc) is 3.44. The Morgan fingerprint density at radius 1 is 1.31 bits per heavy atom. The first kappa shape index (κ1) is 22.4. The van der Waals surface area contributed by atoms with Gasteiger partial charge in [-0.25, -0.2) is 4.79 Å². The zero-order chi connectivity index (χ0) is 21.4. The molecule has 1 saturated heterocycles. The van der Waals surface area contributed by atoms with E-state index in [1.165, 1.54) is 27.5 Å². The van der Waals surface area contributed by atoms with Crippen LogP contribution in [0.2, 0.25) is 0 Å². The lowest BCUT2D eigenvalue weighted by atomic mass is 10.0. The molecule has 1 aromatic heterocycles. The Kier molecular flexibility index (Phi) is 6.50. The van der Waals surface area contributed by atoms with E-state index in [9.17, 15) is 19.3 Å². The zero-order valence-electron chi connectivity index (χ0n) is 16.8. The van der Waals surface area contributed by atoms with E-state index in [2.05, 4.69) is 4.98 Å². The summed E-state index contributed by atoms with van der Waals surface area (Å²) in [6.07, 6.45) is -0.198. The number of nitrogens with zero attached hydrogens (tertiary/aromatic N) is 1. The van der Waals surface area contributed by atoms with E-state index in [0.717, 1.165) is 4.57 Å². The first-order valence-electron chi connectivity index (χ1n) is 9.21. The third-order valence-corrected chi connectivity index (χ3v) is 7.99. The van der Waals surface area contributed by atoms with Gasteiger partial charge in [0.25, 0.3) is 5.56 Å². The van der Waals surface area contributed by atoms with Crippen LogP contribution >= 0.6 is 7.60 Å². The van der Waals surface area contributed by atoms with Crippen LogP contribution in [0, 0.1) is 12.8 Å². The van der Waals surface area contributed by atoms with Crippen LogP contribution in [0.4, 0.5) is 0 Å². The zero-order valence-corrected chi connectivity index (χ0v) is 17.7. The molecule has 4 unspecified atom stereocenters. The number of aromatic amines is 1. The minimum absolute atomic E-state index is 0.0803. The number of aryl methyl sites for hydroxylation is 1. The molecule has 1 aliphatic carbocycles. The monoisotopic (exact) mass is 434 g/mol. The molecule has 3 rings (SSSR count). The van der Waals surface area contributed by atoms with E-state index in [-0.39, 0.29) is 31.3 Å². The lowest BCUT2D eigenvalue weighted by Gasteiger charge is -2.34. The third kappa shape index (κ3) is 3.88. The molecule has 2 aliphatic rings. The predicted molar refractivity (Wildman–Crippen MR) is 101 cm³/mol. The van der Waals surface area contributed by atoms with Crippen LogP contribution in [0.5, 0.6) is 0 Å². The molecule has 1 aromatic rings. The van der Waals surface area contributed by atoms with Crippen LogP contribution in [0.15, 0.2) is 15.8 Å². The summed E-state index contributed by atoms with van der Waals surface area (Å²) in [5, 5.41) is 11.2. The number of aromatic nitrogens is 2. The number of hydrogen-bond donors (Lipinski definition) is 2. The summed E-state index contributed by atoms with van der Waals surface area (Å²) in [4.78, 5) is 26.5. The largest absolute Gasteiger partial charge is 0.385 e. The molecule has 5 atom stereocenters. The van der Waals surface area contributed by atoms with Crippen molar-refractivity contribution < 1.29 is 32.9 Å². The maximum atomic E-state index is 12.6. The van der Waals surface area contributed by atoms with Crippen molar-refractivity contribution in [3.63, 3.8) is 0 Å². The van der Waals surface area contributed by atoms with E-state index in [4.69, 9.17) is 23.3 Å². The van der Waals surface area contributed by atoms with Gasteiger partial charge in [-0.15, -0.1) is 0 Å². The summed E-state index contributed by atoms with van der Waals surface area (Å²) >= 11 is 0. The van der Waals surface area contributed by atoms with Crippen LogP contribution in [0.25, 0.3) is 0 Å². The van der Waals surface area contributed by atoms with Gasteiger partial charge in [-0.3, -0.25) is 18.9 Å². The Morgan fingerprint density at radius 2 is 2.00 bits per heavy atom. The quantitative estimate of drug-likeness (QED) is 0.399. The summed E-state index contributed by atoms with van der Waals surface area (Å²) in [7, 11) is 0.814. The highest BCUT2D eigenvalue weighted by atomic mass is 31.2. The van der Waals surface area contributed by atoms with E-state index < -0.39 is 42.4 Å². The fourth-order valence-corrected chi connectivity index (χ4v) is 5.66. The Hall–Kier alpha value is -1.33. The van der Waals surface area contributed by atoms with Gasteiger partial charge < -0.3 is 28.4 Å². The van der Waals surface area contributed by atoms with Gasteiger partial charge in [0.1, 0.15) is 6.10 Å². The van der Waals surface area contributed by atoms with Crippen molar-refractivity contribution in [3.05, 3.63) is 32.6 Å². The van der Waals surface area contributed by atoms with Crippen LogP contribution in [0.1, 0.15) is 12.0 Å². The summed E-state index contributed by atoms with van der Waals surface area (Å²) in [5.41, 5.74) is -2.95. The Balaban J connectivity index is 1.93. The first-order valence-corrected chi connectivity index (χ1v) is 10.8. The molecule has 11 nitrogen and oxygen atoms in total. The van der Waals surface area contributed by atoms with Gasteiger partial charge >= 0.3 is 13.3 Å². The summed E-state index contributed by atoms with van der Waals surface area (Å²) < 4.78 is 40.6. The minimum Gasteiger partial charge on any atom is -0.385 e. The third-order valence-electron chi connectivity index (χ3n) is 5.57. The highest BCUT2D eigenvalue weighted by Gasteiger charge is 2.63. The number of methoxy groups -OCH3 is 1. The molecule has 12 heteroatoms. The Morgan fingerprint density at radius 3 is 2.62 bits per heavy atom. The number of ether oxygens (including phenoxy) is 3. The number of rotatable bonds is 9. The van der Waals surface area contributed by atoms with Crippen molar-refractivity contribution in [1.29, 1.82) is 0 Å². The Bertz CT molecular complexity index is 892. The SMILES string of the molecule is COCCOC1(n2cc(C)c(=O)[nH]c2=O)CO[C@H](C2CC2P(=O)(OC)OC)C1O. The smallest absolute Gasteiger partial charge is 0.333 e. The molecule has 2 N–H and O–H groups in total. The fourth-order valence-electron chi connectivity index (χ4n) is 3.83. The van der Waals surface area contributed by atoms with E-state index in [1.54, 1.807) is 6.92 Å². The lowest BCUT2D eigenvalue weighted by Crippen LogP contribution is -2.55. The normalized spacial score (nSPS) is 31.9. The molecular formula is C17H27N2O9P. The van der Waals surface area contributed by atoms with Crippen LogP contribution < -0.4 is 11.2 Å². The van der Waals surface area contributed by atoms with Crippen molar-refractivity contribution in [2.45, 2.75) is 36.9 Å². The molecule has 0 spiro atoms. The molecule has 0 radical (unpaired) electrons. The maximum Gasteiger partial charge on any atom is 0.333 e. The van der Waals surface area contributed by atoms with Crippen molar-refractivity contribution in [2.75, 3.05) is 41.2 Å². The van der Waals surface area contributed by atoms with Crippen molar-refractivity contribution in [2.24, 2.45) is 5.92 Å². The number of hydrogen-bond acceptors (Lipinski definition) is 9. The number of aliphatic hydroxyl groups excluding tert-OH is 1. The van der Waals surface area contributed by atoms with Crippen LogP contribution in [0.3, 0.4) is 0 Å². The maximum absolute atomic E-state index is 12.6. The van der Waals surface area contributed by atoms with Gasteiger partial charge in [-0.05, 0) is 13.3 Å². The second-order valence-electron chi connectivity index (χ2n) is 7.22. The first-order chi connectivity index (χ1) is 13.7. The second-order valence-corrected chi connectivity index (χ2v) is 9.69. The van der Waals surface area contributed by atoms with Gasteiger partial charge in [-0.2, -0.15) is 0 Å². The molecule has 0 amide bonds. The highest BCUT2D eigenvalue weighted by molar-refractivity contribution is 7.55. The van der Waals surface area contributed by atoms with Gasteiger partial charge in [0.05, 0.1) is 31.6 Å². The minimum atomic E-state index is -3.31. The summed E-state index contributed by atoms with van der Waals surface area (Å²) in [6.45, 7) is 1.71. The van der Waals surface area contributed by atoms with Crippen molar-refractivity contribution >= 4 is 7.60 Å². The molecule has 0 aromatic carbocycles. The lowest BCUT2D eigenvalue weighted by molar-refractivity contribution is -0.168.